The first kappa shape index (κ1) is 12.4. The van der Waals surface area contributed by atoms with Crippen LogP contribution in [-0.4, -0.2) is 37.0 Å². The third-order valence-electron chi connectivity index (χ3n) is 3.06. The molecule has 94 valence electrons. The van der Waals surface area contributed by atoms with E-state index in [0.717, 1.165) is 19.6 Å². The Labute approximate surface area is 106 Å². The summed E-state index contributed by atoms with van der Waals surface area (Å²) >= 11 is 1.39. The molecule has 1 fully saturated rings. The summed E-state index contributed by atoms with van der Waals surface area (Å²) in [5, 5.41) is 4.77. The highest BCUT2D eigenvalue weighted by atomic mass is 32.1. The van der Waals surface area contributed by atoms with Gasteiger partial charge in [-0.3, -0.25) is 4.79 Å². The third kappa shape index (κ3) is 3.44. The summed E-state index contributed by atoms with van der Waals surface area (Å²) in [7, 11) is 0. The first-order chi connectivity index (χ1) is 8.27. The first-order valence-corrected chi connectivity index (χ1v) is 6.99. The van der Waals surface area contributed by atoms with Gasteiger partial charge in [-0.05, 0) is 37.4 Å². The lowest BCUT2D eigenvalue weighted by Crippen LogP contribution is -2.37. The number of amides is 1. The quantitative estimate of drug-likeness (QED) is 0.856. The number of rotatable bonds is 4. The SMILES string of the molecule is Nc1ccsc1C(=O)NCCN1CCCCC1. The molecular formula is C12H19N3OS. The van der Waals surface area contributed by atoms with Gasteiger partial charge in [-0.25, -0.2) is 0 Å². The van der Waals surface area contributed by atoms with Crippen LogP contribution in [-0.2, 0) is 0 Å². The van der Waals surface area contributed by atoms with E-state index in [-0.39, 0.29) is 5.91 Å². The molecular weight excluding hydrogens is 234 g/mol. The third-order valence-corrected chi connectivity index (χ3v) is 3.99. The fraction of sp³-hybridized carbons (Fsp3) is 0.583. The van der Waals surface area contributed by atoms with Gasteiger partial charge in [0.15, 0.2) is 0 Å². The van der Waals surface area contributed by atoms with Crippen molar-refractivity contribution in [3.8, 4) is 0 Å². The second-order valence-electron chi connectivity index (χ2n) is 4.36. The topological polar surface area (TPSA) is 58.4 Å². The van der Waals surface area contributed by atoms with E-state index in [1.54, 1.807) is 6.07 Å². The highest BCUT2D eigenvalue weighted by molar-refractivity contribution is 7.12. The van der Waals surface area contributed by atoms with Crippen molar-refractivity contribution in [1.82, 2.24) is 10.2 Å². The molecule has 0 saturated carbocycles. The van der Waals surface area contributed by atoms with Crippen LogP contribution in [0.5, 0.6) is 0 Å². The number of piperidine rings is 1. The number of hydrogen-bond donors (Lipinski definition) is 2. The number of hydrogen-bond acceptors (Lipinski definition) is 4. The Hall–Kier alpha value is -1.07. The molecule has 2 heterocycles. The summed E-state index contributed by atoms with van der Waals surface area (Å²) in [4.78, 5) is 14.8. The number of nitrogen functional groups attached to an aromatic ring is 1. The molecule has 3 N–H and O–H groups in total. The van der Waals surface area contributed by atoms with Gasteiger partial charge in [0.25, 0.3) is 5.91 Å². The molecule has 1 aromatic rings. The molecule has 0 unspecified atom stereocenters. The van der Waals surface area contributed by atoms with Gasteiger partial charge in [-0.2, -0.15) is 0 Å². The molecule has 5 heteroatoms. The van der Waals surface area contributed by atoms with Gasteiger partial charge in [0.2, 0.25) is 0 Å². The minimum Gasteiger partial charge on any atom is -0.397 e. The minimum absolute atomic E-state index is 0.0468. The number of thiophene rings is 1. The predicted octanol–water partition coefficient (Wildman–Crippen LogP) is 1.55. The number of likely N-dealkylation sites (tertiary alicyclic amines) is 1. The summed E-state index contributed by atoms with van der Waals surface area (Å²) in [6.07, 6.45) is 3.91. The zero-order valence-electron chi connectivity index (χ0n) is 9.95. The highest BCUT2D eigenvalue weighted by Crippen LogP contribution is 2.18. The molecule has 1 aromatic heterocycles. The molecule has 1 aliphatic heterocycles. The molecule has 0 aromatic carbocycles. The number of nitrogens with one attached hydrogen (secondary N) is 1. The summed E-state index contributed by atoms with van der Waals surface area (Å²) < 4.78 is 0. The number of nitrogens with two attached hydrogens (primary N) is 1. The van der Waals surface area contributed by atoms with E-state index in [9.17, 15) is 4.79 Å². The molecule has 0 radical (unpaired) electrons. The van der Waals surface area contributed by atoms with E-state index < -0.39 is 0 Å². The van der Waals surface area contributed by atoms with E-state index in [4.69, 9.17) is 5.73 Å². The number of carbonyl (C=O) groups excluding carboxylic acids is 1. The zero-order valence-corrected chi connectivity index (χ0v) is 10.8. The van der Waals surface area contributed by atoms with Crippen LogP contribution in [0, 0.1) is 0 Å². The van der Waals surface area contributed by atoms with Crippen molar-refractivity contribution in [3.63, 3.8) is 0 Å². The molecule has 2 rings (SSSR count). The summed E-state index contributed by atoms with van der Waals surface area (Å²) in [6, 6.07) is 1.77. The van der Waals surface area contributed by atoms with Gasteiger partial charge in [0.1, 0.15) is 4.88 Å². The summed E-state index contributed by atoms with van der Waals surface area (Å²) in [5.74, 6) is -0.0468. The Morgan fingerprint density at radius 1 is 1.41 bits per heavy atom. The average molecular weight is 253 g/mol. The van der Waals surface area contributed by atoms with Crippen molar-refractivity contribution >= 4 is 22.9 Å². The molecule has 0 atom stereocenters. The maximum absolute atomic E-state index is 11.8. The average Bonchev–Trinajstić information content (AvgIpc) is 2.77. The van der Waals surface area contributed by atoms with E-state index in [0.29, 0.717) is 17.1 Å². The van der Waals surface area contributed by atoms with Gasteiger partial charge in [0.05, 0.1) is 5.69 Å². The Morgan fingerprint density at radius 3 is 2.82 bits per heavy atom. The normalized spacial score (nSPS) is 16.9. The van der Waals surface area contributed by atoms with E-state index in [2.05, 4.69) is 10.2 Å². The molecule has 0 bridgehead atoms. The largest absolute Gasteiger partial charge is 0.397 e. The van der Waals surface area contributed by atoms with Crippen LogP contribution in [0.2, 0.25) is 0 Å². The van der Waals surface area contributed by atoms with Crippen LogP contribution in [0.4, 0.5) is 5.69 Å². The smallest absolute Gasteiger partial charge is 0.263 e. The van der Waals surface area contributed by atoms with Crippen molar-refractivity contribution in [2.45, 2.75) is 19.3 Å². The van der Waals surface area contributed by atoms with E-state index in [1.165, 1.54) is 30.6 Å². The fourth-order valence-corrected chi connectivity index (χ4v) is 2.83. The maximum Gasteiger partial charge on any atom is 0.263 e. The Morgan fingerprint density at radius 2 is 2.18 bits per heavy atom. The second-order valence-corrected chi connectivity index (χ2v) is 5.28. The van der Waals surface area contributed by atoms with E-state index in [1.807, 2.05) is 5.38 Å². The van der Waals surface area contributed by atoms with Crippen LogP contribution in [0.15, 0.2) is 11.4 Å². The molecule has 4 nitrogen and oxygen atoms in total. The van der Waals surface area contributed by atoms with Crippen LogP contribution < -0.4 is 11.1 Å². The van der Waals surface area contributed by atoms with Crippen molar-refractivity contribution in [2.24, 2.45) is 0 Å². The van der Waals surface area contributed by atoms with Gasteiger partial charge < -0.3 is 16.0 Å². The lowest BCUT2D eigenvalue weighted by atomic mass is 10.1. The van der Waals surface area contributed by atoms with E-state index >= 15 is 0 Å². The predicted molar refractivity (Wildman–Crippen MR) is 71.4 cm³/mol. The number of anilines is 1. The lowest BCUT2D eigenvalue weighted by Gasteiger charge is -2.26. The summed E-state index contributed by atoms with van der Waals surface area (Å²) in [5.41, 5.74) is 6.27. The van der Waals surface area contributed by atoms with Crippen LogP contribution in [0.25, 0.3) is 0 Å². The highest BCUT2D eigenvalue weighted by Gasteiger charge is 2.12. The monoisotopic (exact) mass is 253 g/mol. The summed E-state index contributed by atoms with van der Waals surface area (Å²) in [6.45, 7) is 3.97. The van der Waals surface area contributed by atoms with Crippen molar-refractivity contribution < 1.29 is 4.79 Å². The standard InChI is InChI=1S/C12H19N3OS/c13-10-4-9-17-11(10)12(16)14-5-8-15-6-2-1-3-7-15/h4,9H,1-3,5-8,13H2,(H,14,16). The van der Waals surface area contributed by atoms with Gasteiger partial charge in [0, 0.05) is 13.1 Å². The number of nitrogens with zero attached hydrogens (tertiary/aromatic N) is 1. The van der Waals surface area contributed by atoms with Crippen molar-refractivity contribution in [3.05, 3.63) is 16.3 Å². The Balaban J connectivity index is 1.71. The Bertz CT molecular complexity index is 372. The second kappa shape index (κ2) is 6.02. The van der Waals surface area contributed by atoms with Crippen LogP contribution in [0.3, 0.4) is 0 Å². The van der Waals surface area contributed by atoms with Crippen molar-refractivity contribution in [2.75, 3.05) is 31.9 Å². The zero-order chi connectivity index (χ0) is 12.1. The van der Waals surface area contributed by atoms with Crippen molar-refractivity contribution in [1.29, 1.82) is 0 Å². The lowest BCUT2D eigenvalue weighted by molar-refractivity contribution is 0.0951. The molecule has 1 amide bonds. The molecule has 1 aliphatic rings. The van der Waals surface area contributed by atoms with Gasteiger partial charge in [-0.15, -0.1) is 11.3 Å². The van der Waals surface area contributed by atoms with Gasteiger partial charge in [-0.1, -0.05) is 6.42 Å². The number of carbonyl (C=O) groups is 1. The maximum atomic E-state index is 11.8. The first-order valence-electron chi connectivity index (χ1n) is 6.11. The fourth-order valence-electron chi connectivity index (χ4n) is 2.09. The molecule has 0 spiro atoms. The minimum atomic E-state index is -0.0468. The molecule has 1 saturated heterocycles. The molecule has 0 aliphatic carbocycles. The van der Waals surface area contributed by atoms with Gasteiger partial charge >= 0.3 is 0 Å². The van der Waals surface area contributed by atoms with Crippen LogP contribution >= 0.6 is 11.3 Å². The van der Waals surface area contributed by atoms with Crippen LogP contribution in [0.1, 0.15) is 28.9 Å². The molecule has 17 heavy (non-hydrogen) atoms. The Kier molecular flexibility index (Phi) is 4.39.